The van der Waals surface area contributed by atoms with Gasteiger partial charge in [0.2, 0.25) is 0 Å². The van der Waals surface area contributed by atoms with Crippen molar-refractivity contribution in [3.63, 3.8) is 0 Å². The third kappa shape index (κ3) is 2.66. The molecule has 0 fully saturated rings. The number of rotatable bonds is 3. The van der Waals surface area contributed by atoms with Crippen molar-refractivity contribution in [3.05, 3.63) is 22.7 Å². The molecule has 0 aromatic heterocycles. The van der Waals surface area contributed by atoms with Crippen molar-refractivity contribution < 1.29 is 18.5 Å². The number of halogens is 2. The zero-order valence-corrected chi connectivity index (χ0v) is 10.8. The maximum absolute atomic E-state index is 11.4. The summed E-state index contributed by atoms with van der Waals surface area (Å²) in [5.41, 5.74) is 0.0279. The van der Waals surface area contributed by atoms with Crippen LogP contribution in [0.4, 0.5) is 0 Å². The number of esters is 1. The molecular weight excluding hydrogens is 275 g/mol. The van der Waals surface area contributed by atoms with Crippen LogP contribution in [-0.2, 0) is 14.7 Å². The average Bonchev–Trinajstić information content (AvgIpc) is 2.26. The van der Waals surface area contributed by atoms with E-state index in [0.717, 1.165) is 0 Å². The molecule has 7 heteroatoms. The van der Waals surface area contributed by atoms with Crippen molar-refractivity contribution >= 4 is 38.3 Å². The second kappa shape index (κ2) is 5.52. The van der Waals surface area contributed by atoms with Crippen molar-refractivity contribution in [2.24, 2.45) is 0 Å². The molecule has 0 spiro atoms. The molecule has 0 aliphatic heterocycles. The van der Waals surface area contributed by atoms with Crippen LogP contribution in [0.5, 0.6) is 5.75 Å². The summed E-state index contributed by atoms with van der Waals surface area (Å²) in [6.07, 6.45) is 0. The van der Waals surface area contributed by atoms with E-state index in [1.165, 1.54) is 26.4 Å². The fraction of sp³-hybridized carbons (Fsp3) is 0.222. The largest absolute Gasteiger partial charge is 0.495 e. The van der Waals surface area contributed by atoms with E-state index in [1.54, 1.807) is 0 Å². The predicted octanol–water partition coefficient (Wildman–Crippen LogP) is 2.40. The summed E-state index contributed by atoms with van der Waals surface area (Å²) in [5, 5.41) is 0.267. The Morgan fingerprint density at radius 1 is 1.38 bits per heavy atom. The van der Waals surface area contributed by atoms with E-state index in [0.29, 0.717) is 0 Å². The van der Waals surface area contributed by atoms with E-state index >= 15 is 0 Å². The van der Waals surface area contributed by atoms with Gasteiger partial charge in [-0.25, -0.2) is 9.00 Å². The normalized spacial score (nSPS) is 12.0. The quantitative estimate of drug-likeness (QED) is 0.631. The molecule has 1 aromatic rings. The molecule has 16 heavy (non-hydrogen) atoms. The molecule has 0 heterocycles. The molecule has 4 nitrogen and oxygen atoms in total. The highest BCUT2D eigenvalue weighted by atomic mass is 35.7. The van der Waals surface area contributed by atoms with Gasteiger partial charge in [-0.2, -0.15) is 0 Å². The van der Waals surface area contributed by atoms with Gasteiger partial charge in [-0.05, 0) is 16.7 Å². The van der Waals surface area contributed by atoms with E-state index in [-0.39, 0.29) is 21.2 Å². The van der Waals surface area contributed by atoms with Crippen LogP contribution in [0, 0.1) is 0 Å². The lowest BCUT2D eigenvalue weighted by Gasteiger charge is -2.10. The third-order valence-corrected chi connectivity index (χ3v) is 3.23. The SMILES string of the molecule is COC(=O)c1cc(Cl)cc(OC)c1S(=O)Cl. The van der Waals surface area contributed by atoms with Crippen LogP contribution in [0.25, 0.3) is 0 Å². The molecule has 0 N–H and O–H groups in total. The Morgan fingerprint density at radius 2 is 2.00 bits per heavy atom. The molecule has 0 saturated carbocycles. The summed E-state index contributed by atoms with van der Waals surface area (Å²) in [6, 6.07) is 2.75. The first-order valence-electron chi connectivity index (χ1n) is 4.05. The molecule has 1 atom stereocenters. The van der Waals surface area contributed by atoms with Gasteiger partial charge in [0.05, 0.1) is 19.8 Å². The molecule has 88 valence electrons. The zero-order valence-electron chi connectivity index (χ0n) is 8.45. The van der Waals surface area contributed by atoms with Crippen molar-refractivity contribution in [1.29, 1.82) is 0 Å². The average molecular weight is 283 g/mol. The van der Waals surface area contributed by atoms with Gasteiger partial charge in [0.15, 0.2) is 10.0 Å². The van der Waals surface area contributed by atoms with Crippen LogP contribution >= 0.6 is 22.3 Å². The van der Waals surface area contributed by atoms with Gasteiger partial charge in [-0.15, -0.1) is 0 Å². The Bertz CT molecular complexity index is 447. The Morgan fingerprint density at radius 3 is 2.44 bits per heavy atom. The first kappa shape index (κ1) is 13.3. The maximum atomic E-state index is 11.4. The van der Waals surface area contributed by atoms with Crippen molar-refractivity contribution in [2.75, 3.05) is 14.2 Å². The fourth-order valence-corrected chi connectivity index (χ4v) is 2.45. The molecule has 1 unspecified atom stereocenters. The highest BCUT2D eigenvalue weighted by molar-refractivity contribution is 8.08. The monoisotopic (exact) mass is 282 g/mol. The molecule has 1 rings (SSSR count). The lowest BCUT2D eigenvalue weighted by atomic mass is 10.2. The first-order chi connectivity index (χ1) is 7.51. The predicted molar refractivity (Wildman–Crippen MR) is 61.6 cm³/mol. The first-order valence-corrected chi connectivity index (χ1v) is 6.40. The molecule has 0 aliphatic carbocycles. The fourth-order valence-electron chi connectivity index (χ4n) is 1.15. The molecular formula is C9H8Cl2O4S. The Balaban J connectivity index is 3.50. The lowest BCUT2D eigenvalue weighted by molar-refractivity contribution is 0.0596. The Hall–Kier alpha value is -0.780. The number of carbonyl (C=O) groups excluding carboxylic acids is 1. The number of hydrogen-bond donors (Lipinski definition) is 0. The van der Waals surface area contributed by atoms with Crippen LogP contribution in [-0.4, -0.2) is 24.4 Å². The van der Waals surface area contributed by atoms with E-state index in [9.17, 15) is 9.00 Å². The third-order valence-electron chi connectivity index (χ3n) is 1.81. The van der Waals surface area contributed by atoms with Gasteiger partial charge < -0.3 is 9.47 Å². The Labute approximate surface area is 104 Å². The standard InChI is InChI=1S/C9H8Cl2O4S/c1-14-7-4-5(10)3-6(9(12)15-2)8(7)16(11)13/h3-4H,1-2H3. The van der Waals surface area contributed by atoms with Crippen LogP contribution in [0.1, 0.15) is 10.4 Å². The Kier molecular flexibility index (Phi) is 4.58. The number of hydrogen-bond acceptors (Lipinski definition) is 4. The van der Waals surface area contributed by atoms with Gasteiger partial charge in [-0.3, -0.25) is 0 Å². The van der Waals surface area contributed by atoms with Crippen molar-refractivity contribution in [3.8, 4) is 5.75 Å². The second-order valence-electron chi connectivity index (χ2n) is 2.70. The minimum atomic E-state index is -1.89. The number of benzene rings is 1. The van der Waals surface area contributed by atoms with Gasteiger partial charge >= 0.3 is 5.97 Å². The van der Waals surface area contributed by atoms with E-state index in [4.69, 9.17) is 27.0 Å². The number of ether oxygens (including phenoxy) is 2. The number of methoxy groups -OCH3 is 2. The minimum absolute atomic E-state index is 0.0279. The molecule has 0 radical (unpaired) electrons. The maximum Gasteiger partial charge on any atom is 0.339 e. The minimum Gasteiger partial charge on any atom is -0.495 e. The topological polar surface area (TPSA) is 52.6 Å². The summed E-state index contributed by atoms with van der Waals surface area (Å²) in [4.78, 5) is 11.5. The van der Waals surface area contributed by atoms with Gasteiger partial charge in [0.25, 0.3) is 0 Å². The summed E-state index contributed by atoms with van der Waals surface area (Å²) in [5.74, 6) is -0.494. The van der Waals surface area contributed by atoms with E-state index < -0.39 is 16.0 Å². The van der Waals surface area contributed by atoms with Crippen molar-refractivity contribution in [2.45, 2.75) is 4.90 Å². The lowest BCUT2D eigenvalue weighted by Crippen LogP contribution is -2.07. The summed E-state index contributed by atoms with van der Waals surface area (Å²) in [6.45, 7) is 0. The smallest absolute Gasteiger partial charge is 0.339 e. The van der Waals surface area contributed by atoms with Crippen LogP contribution < -0.4 is 4.74 Å². The molecule has 1 aromatic carbocycles. The second-order valence-corrected chi connectivity index (χ2v) is 4.83. The van der Waals surface area contributed by atoms with Crippen LogP contribution in [0.15, 0.2) is 17.0 Å². The van der Waals surface area contributed by atoms with E-state index in [1.807, 2.05) is 0 Å². The highest BCUT2D eigenvalue weighted by Crippen LogP contribution is 2.32. The van der Waals surface area contributed by atoms with Crippen molar-refractivity contribution in [1.82, 2.24) is 0 Å². The van der Waals surface area contributed by atoms with E-state index in [2.05, 4.69) is 4.74 Å². The summed E-state index contributed by atoms with van der Waals surface area (Å²) in [7, 11) is 6.16. The van der Waals surface area contributed by atoms with Crippen LogP contribution in [0.3, 0.4) is 0 Å². The molecule has 0 aliphatic rings. The molecule has 0 bridgehead atoms. The summed E-state index contributed by atoms with van der Waals surface area (Å²) >= 11 is 5.78. The number of carbonyl (C=O) groups is 1. The molecule has 0 saturated heterocycles. The van der Waals surface area contributed by atoms with Gasteiger partial charge in [-0.1, -0.05) is 11.6 Å². The van der Waals surface area contributed by atoms with Gasteiger partial charge in [0.1, 0.15) is 10.6 Å². The van der Waals surface area contributed by atoms with Gasteiger partial charge in [0, 0.05) is 11.1 Å². The zero-order chi connectivity index (χ0) is 12.3. The summed E-state index contributed by atoms with van der Waals surface area (Å²) < 4.78 is 20.8. The highest BCUT2D eigenvalue weighted by Gasteiger charge is 2.21. The molecule has 0 amide bonds. The van der Waals surface area contributed by atoms with Crippen LogP contribution in [0.2, 0.25) is 5.02 Å².